The lowest BCUT2D eigenvalue weighted by atomic mass is 9.93. The molecule has 1 aromatic carbocycles. The highest BCUT2D eigenvalue weighted by atomic mass is 16.1. The number of ketones is 1. The second-order valence-electron chi connectivity index (χ2n) is 4.77. The Balaban J connectivity index is 2.77. The summed E-state index contributed by atoms with van der Waals surface area (Å²) in [6.45, 7) is 6.89. The number of nitrogens with two attached hydrogens (primary N) is 1. The number of benzene rings is 1. The molecule has 0 saturated carbocycles. The van der Waals surface area contributed by atoms with E-state index in [2.05, 4.69) is 26.0 Å². The van der Waals surface area contributed by atoms with Crippen molar-refractivity contribution in [3.05, 3.63) is 35.4 Å². The van der Waals surface area contributed by atoms with Gasteiger partial charge in [0.2, 0.25) is 0 Å². The van der Waals surface area contributed by atoms with Crippen molar-refractivity contribution < 1.29 is 4.79 Å². The molecule has 0 amide bonds. The first-order valence-electron chi connectivity index (χ1n) is 6.44. The van der Waals surface area contributed by atoms with Gasteiger partial charge in [0, 0.05) is 11.5 Å². The normalized spacial score (nSPS) is 14.4. The molecular weight excluding hydrogens is 210 g/mol. The van der Waals surface area contributed by atoms with E-state index in [0.29, 0.717) is 12.5 Å². The molecule has 0 aliphatic heterocycles. The number of hydrogen-bond acceptors (Lipinski definition) is 2. The van der Waals surface area contributed by atoms with Crippen molar-refractivity contribution in [2.75, 3.05) is 6.54 Å². The average molecular weight is 233 g/mol. The molecule has 2 heteroatoms. The Bertz CT molecular complexity index is 356. The van der Waals surface area contributed by atoms with Crippen molar-refractivity contribution in [2.45, 2.75) is 39.5 Å². The lowest BCUT2D eigenvalue weighted by molar-refractivity contribution is 0.0925. The highest BCUT2D eigenvalue weighted by Crippen LogP contribution is 2.20. The molecule has 0 fully saturated rings. The monoisotopic (exact) mass is 233 g/mol. The minimum Gasteiger partial charge on any atom is -0.330 e. The standard InChI is InChI=1S/C15H23NO/c1-4-11(2)13-5-7-14(8-6-13)15(17)12(3)9-10-16/h5-8,11-12H,4,9-10,16H2,1-3H3. The van der Waals surface area contributed by atoms with Gasteiger partial charge in [-0.05, 0) is 30.9 Å². The maximum absolute atomic E-state index is 12.0. The second kappa shape index (κ2) is 6.55. The third-order valence-corrected chi connectivity index (χ3v) is 3.42. The molecule has 2 nitrogen and oxygen atoms in total. The van der Waals surface area contributed by atoms with Gasteiger partial charge in [-0.25, -0.2) is 0 Å². The van der Waals surface area contributed by atoms with Gasteiger partial charge in [-0.3, -0.25) is 4.79 Å². The topological polar surface area (TPSA) is 43.1 Å². The van der Waals surface area contributed by atoms with Gasteiger partial charge in [-0.1, -0.05) is 45.0 Å². The molecular formula is C15H23NO. The first-order chi connectivity index (χ1) is 8.10. The van der Waals surface area contributed by atoms with Crippen LogP contribution in [0.1, 0.15) is 55.5 Å². The number of rotatable bonds is 6. The molecule has 1 aromatic rings. The Morgan fingerprint density at radius 3 is 2.29 bits per heavy atom. The highest BCUT2D eigenvalue weighted by Gasteiger charge is 2.14. The third kappa shape index (κ3) is 3.67. The van der Waals surface area contributed by atoms with E-state index < -0.39 is 0 Å². The zero-order valence-corrected chi connectivity index (χ0v) is 11.1. The second-order valence-corrected chi connectivity index (χ2v) is 4.77. The van der Waals surface area contributed by atoms with Crippen LogP contribution in [0, 0.1) is 5.92 Å². The van der Waals surface area contributed by atoms with Crippen LogP contribution in [0.3, 0.4) is 0 Å². The van der Waals surface area contributed by atoms with Crippen molar-refractivity contribution in [1.82, 2.24) is 0 Å². The Morgan fingerprint density at radius 2 is 1.82 bits per heavy atom. The Labute approximate surface area is 104 Å². The Hall–Kier alpha value is -1.15. The summed E-state index contributed by atoms with van der Waals surface area (Å²) in [4.78, 5) is 12.0. The van der Waals surface area contributed by atoms with Crippen LogP contribution in [0.25, 0.3) is 0 Å². The molecule has 17 heavy (non-hydrogen) atoms. The van der Waals surface area contributed by atoms with Crippen LogP contribution in [0.15, 0.2) is 24.3 Å². The summed E-state index contributed by atoms with van der Waals surface area (Å²) in [6.07, 6.45) is 1.88. The number of Topliss-reactive ketones (excluding diaryl/α,β-unsaturated/α-hetero) is 1. The smallest absolute Gasteiger partial charge is 0.165 e. The van der Waals surface area contributed by atoms with E-state index in [1.165, 1.54) is 5.56 Å². The molecule has 0 bridgehead atoms. The summed E-state index contributed by atoms with van der Waals surface area (Å²) in [7, 11) is 0. The molecule has 0 aliphatic rings. The van der Waals surface area contributed by atoms with Crippen molar-refractivity contribution in [2.24, 2.45) is 11.7 Å². The van der Waals surface area contributed by atoms with Crippen LogP contribution in [-0.2, 0) is 0 Å². The minimum atomic E-state index is 0.0226. The molecule has 0 aliphatic carbocycles. The molecule has 0 saturated heterocycles. The van der Waals surface area contributed by atoms with Crippen molar-refractivity contribution in [1.29, 1.82) is 0 Å². The van der Waals surface area contributed by atoms with Gasteiger partial charge in [0.1, 0.15) is 0 Å². The average Bonchev–Trinajstić information content (AvgIpc) is 2.37. The molecule has 2 N–H and O–H groups in total. The zero-order valence-electron chi connectivity index (χ0n) is 11.1. The summed E-state index contributed by atoms with van der Waals surface area (Å²) in [5, 5.41) is 0. The Morgan fingerprint density at radius 1 is 1.24 bits per heavy atom. The van der Waals surface area contributed by atoms with Crippen molar-refractivity contribution in [3.63, 3.8) is 0 Å². The fourth-order valence-electron chi connectivity index (χ4n) is 1.88. The van der Waals surface area contributed by atoms with E-state index in [0.717, 1.165) is 18.4 Å². The number of hydrogen-bond donors (Lipinski definition) is 1. The summed E-state index contributed by atoms with van der Waals surface area (Å²) in [5.41, 5.74) is 7.58. The van der Waals surface area contributed by atoms with E-state index in [1.54, 1.807) is 0 Å². The maximum Gasteiger partial charge on any atom is 0.165 e. The zero-order chi connectivity index (χ0) is 12.8. The molecule has 0 aromatic heterocycles. The SMILES string of the molecule is CCC(C)c1ccc(C(=O)C(C)CCN)cc1. The van der Waals surface area contributed by atoms with Gasteiger partial charge in [-0.2, -0.15) is 0 Å². The fourth-order valence-corrected chi connectivity index (χ4v) is 1.88. The first kappa shape index (κ1) is 13.9. The number of carbonyl (C=O) groups is 1. The number of carbonyl (C=O) groups excluding carboxylic acids is 1. The molecule has 0 heterocycles. The van der Waals surface area contributed by atoms with Crippen LogP contribution in [-0.4, -0.2) is 12.3 Å². The quantitative estimate of drug-likeness (QED) is 0.765. The summed E-state index contributed by atoms with van der Waals surface area (Å²) >= 11 is 0. The Kier molecular flexibility index (Phi) is 5.36. The van der Waals surface area contributed by atoms with E-state index in [9.17, 15) is 4.79 Å². The van der Waals surface area contributed by atoms with Crippen LogP contribution < -0.4 is 5.73 Å². The molecule has 0 radical (unpaired) electrons. The van der Waals surface area contributed by atoms with Crippen LogP contribution in [0.4, 0.5) is 0 Å². The van der Waals surface area contributed by atoms with Crippen LogP contribution in [0.2, 0.25) is 0 Å². The predicted molar refractivity (Wildman–Crippen MR) is 72.3 cm³/mol. The lowest BCUT2D eigenvalue weighted by Gasteiger charge is -2.11. The summed E-state index contributed by atoms with van der Waals surface area (Å²) < 4.78 is 0. The molecule has 94 valence electrons. The van der Waals surface area contributed by atoms with Crippen molar-refractivity contribution >= 4 is 5.78 Å². The van der Waals surface area contributed by atoms with E-state index in [-0.39, 0.29) is 11.7 Å². The van der Waals surface area contributed by atoms with Gasteiger partial charge in [0.05, 0.1) is 0 Å². The van der Waals surface area contributed by atoms with E-state index in [4.69, 9.17) is 5.73 Å². The molecule has 1 rings (SSSR count). The van der Waals surface area contributed by atoms with Gasteiger partial charge in [-0.15, -0.1) is 0 Å². The lowest BCUT2D eigenvalue weighted by Crippen LogP contribution is -2.15. The van der Waals surface area contributed by atoms with E-state index in [1.807, 2.05) is 19.1 Å². The van der Waals surface area contributed by atoms with Gasteiger partial charge in [0.25, 0.3) is 0 Å². The molecule has 2 unspecified atom stereocenters. The van der Waals surface area contributed by atoms with Gasteiger partial charge >= 0.3 is 0 Å². The summed E-state index contributed by atoms with van der Waals surface area (Å²) in [6, 6.07) is 8.01. The third-order valence-electron chi connectivity index (χ3n) is 3.42. The van der Waals surface area contributed by atoms with Crippen LogP contribution >= 0.6 is 0 Å². The minimum absolute atomic E-state index is 0.0226. The van der Waals surface area contributed by atoms with Crippen molar-refractivity contribution in [3.8, 4) is 0 Å². The fraction of sp³-hybridized carbons (Fsp3) is 0.533. The van der Waals surface area contributed by atoms with Gasteiger partial charge in [0.15, 0.2) is 5.78 Å². The largest absolute Gasteiger partial charge is 0.330 e. The maximum atomic E-state index is 12.0. The molecule has 2 atom stereocenters. The predicted octanol–water partition coefficient (Wildman–Crippen LogP) is 3.37. The summed E-state index contributed by atoms with van der Waals surface area (Å²) in [5.74, 6) is 0.779. The van der Waals surface area contributed by atoms with Crippen LogP contribution in [0.5, 0.6) is 0 Å². The van der Waals surface area contributed by atoms with E-state index >= 15 is 0 Å². The first-order valence-corrected chi connectivity index (χ1v) is 6.44. The molecule has 0 spiro atoms. The highest BCUT2D eigenvalue weighted by molar-refractivity contribution is 5.97. The van der Waals surface area contributed by atoms with Gasteiger partial charge < -0.3 is 5.73 Å².